The van der Waals surface area contributed by atoms with E-state index in [1.165, 1.54) is 12.1 Å². The van der Waals surface area contributed by atoms with Gasteiger partial charge < -0.3 is 19.7 Å². The zero-order valence-electron chi connectivity index (χ0n) is 13.7. The molecule has 130 valence electrons. The Hall–Kier alpha value is -1.64. The van der Waals surface area contributed by atoms with Gasteiger partial charge in [-0.1, -0.05) is 10.9 Å². The molecule has 0 amide bonds. The van der Waals surface area contributed by atoms with Gasteiger partial charge in [-0.2, -0.15) is 0 Å². The summed E-state index contributed by atoms with van der Waals surface area (Å²) in [6.07, 6.45) is 0.00880. The Labute approximate surface area is 175 Å². The lowest BCUT2D eigenvalue weighted by Crippen LogP contribution is -2.39. The van der Waals surface area contributed by atoms with Crippen molar-refractivity contribution in [3.8, 4) is 11.5 Å². The van der Waals surface area contributed by atoms with E-state index in [1.807, 2.05) is 0 Å². The van der Waals surface area contributed by atoms with Crippen LogP contribution in [-0.4, -0.2) is 51.2 Å². The quantitative estimate of drug-likeness (QED) is 0.370. The van der Waals surface area contributed by atoms with Crippen molar-refractivity contribution in [1.29, 1.82) is 0 Å². The molecule has 1 heterocycles. The Kier molecular flexibility index (Phi) is 5.52. The number of phenols is 2. The number of hydrogen-bond donors (Lipinski definition) is 3. The Balaban J connectivity index is 2.36. The highest BCUT2D eigenvalue weighted by atomic mass is 79.9. The van der Waals surface area contributed by atoms with Crippen LogP contribution >= 0.6 is 31.9 Å². The molecule has 0 aliphatic heterocycles. The minimum Gasteiger partial charge on any atom is -0.508 e. The molecule has 3 N–H and O–H groups in total. The highest BCUT2D eigenvalue weighted by molar-refractivity contribution is 9.11. The maximum Gasteiger partial charge on any atom is 0.197 e. The molecule has 0 spiro atoms. The smallest absolute Gasteiger partial charge is 0.197 e. The van der Waals surface area contributed by atoms with Crippen molar-refractivity contribution in [2.24, 2.45) is 0 Å². The number of halogens is 2. The number of benzene rings is 2. The van der Waals surface area contributed by atoms with E-state index < -0.39 is 11.5 Å². The summed E-state index contributed by atoms with van der Waals surface area (Å²) in [6.45, 7) is -0.297. The third kappa shape index (κ3) is 3.24. The Bertz CT molecular complexity index is 1070. The lowest BCUT2D eigenvalue weighted by molar-refractivity contribution is 0.103. The molecule has 3 rings (SSSR count). The van der Waals surface area contributed by atoms with E-state index in [0.717, 1.165) is 0 Å². The van der Waals surface area contributed by atoms with Gasteiger partial charge in [0.15, 0.2) is 5.78 Å². The molecule has 0 atom stereocenters. The number of aliphatic hydroxyl groups is 1. The van der Waals surface area contributed by atoms with Crippen molar-refractivity contribution in [3.05, 3.63) is 38.0 Å². The molecule has 0 aliphatic carbocycles. The molecule has 2 aromatic carbocycles. The number of ketones is 1. The number of carbonyl (C=O) groups excluding carboxylic acids is 1. The van der Waals surface area contributed by atoms with Crippen LogP contribution in [0.25, 0.3) is 11.0 Å². The van der Waals surface area contributed by atoms with Crippen molar-refractivity contribution in [1.82, 2.24) is 0 Å². The van der Waals surface area contributed by atoms with Gasteiger partial charge in [0, 0.05) is 12.0 Å². The maximum absolute atomic E-state index is 13.2. The van der Waals surface area contributed by atoms with Gasteiger partial charge in [0.1, 0.15) is 46.4 Å². The average Bonchev–Trinajstić information content (AvgIpc) is 3.01. The summed E-state index contributed by atoms with van der Waals surface area (Å²) in [4.78, 5) is 13.2. The number of rotatable bonds is 4. The summed E-state index contributed by atoms with van der Waals surface area (Å²) >= 11 is 6.35. The third-order valence-electron chi connectivity index (χ3n) is 4.14. The van der Waals surface area contributed by atoms with Crippen LogP contribution in [0.4, 0.5) is 0 Å². The van der Waals surface area contributed by atoms with Crippen LogP contribution in [0.3, 0.4) is 0 Å². The fourth-order valence-electron chi connectivity index (χ4n) is 2.78. The topological polar surface area (TPSA) is 90.9 Å². The molecule has 0 bridgehead atoms. The van der Waals surface area contributed by atoms with Gasteiger partial charge in [-0.3, -0.25) is 4.79 Å². The van der Waals surface area contributed by atoms with Crippen molar-refractivity contribution in [2.75, 3.05) is 6.61 Å². The highest BCUT2D eigenvalue weighted by Gasteiger charge is 2.27. The summed E-state index contributed by atoms with van der Waals surface area (Å²) in [6, 6.07) is 2.84. The molecule has 0 saturated heterocycles. The zero-order valence-corrected chi connectivity index (χ0v) is 16.9. The predicted octanol–water partition coefficient (Wildman–Crippen LogP) is 0.516. The molecule has 0 aliphatic rings. The second kappa shape index (κ2) is 7.41. The van der Waals surface area contributed by atoms with E-state index >= 15 is 0 Å². The molecular formula is C17H9B3Br2O5. The van der Waals surface area contributed by atoms with Crippen molar-refractivity contribution < 1.29 is 24.5 Å². The summed E-state index contributed by atoms with van der Waals surface area (Å²) in [5.41, 5.74) is -0.00681. The molecule has 0 saturated carbocycles. The first-order chi connectivity index (χ1) is 12.7. The van der Waals surface area contributed by atoms with Gasteiger partial charge >= 0.3 is 0 Å². The number of aromatic hydroxyl groups is 2. The van der Waals surface area contributed by atoms with E-state index in [0.29, 0.717) is 8.95 Å². The lowest BCUT2D eigenvalue weighted by atomic mass is 9.70. The third-order valence-corrected chi connectivity index (χ3v) is 5.35. The van der Waals surface area contributed by atoms with Crippen LogP contribution in [0.1, 0.15) is 21.7 Å². The van der Waals surface area contributed by atoms with E-state index in [-0.39, 0.29) is 63.0 Å². The minimum atomic E-state index is -0.516. The first-order valence-corrected chi connectivity index (χ1v) is 9.21. The zero-order chi connectivity index (χ0) is 20.0. The van der Waals surface area contributed by atoms with Crippen LogP contribution in [0, 0.1) is 0 Å². The molecule has 5 nitrogen and oxygen atoms in total. The lowest BCUT2D eigenvalue weighted by Gasteiger charge is -2.11. The first-order valence-electron chi connectivity index (χ1n) is 7.63. The first kappa shape index (κ1) is 20.1. The number of hydrogen-bond acceptors (Lipinski definition) is 5. The number of phenolic OH excluding ortho intramolecular Hbond substituents is 2. The monoisotopic (exact) mass is 484 g/mol. The second-order valence-electron chi connectivity index (χ2n) is 5.79. The molecule has 1 aromatic heterocycles. The standard InChI is InChI=1S/C17H9B3Br2O5/c18-11-12(19)16(26)10-9(8(1-2-23)27-17(10)13(11)20)14(24)5-3-6(21)15(25)7(22)4-5/h3-4,23,25-26H,1-2H2. The summed E-state index contributed by atoms with van der Waals surface area (Å²) in [5, 5.41) is 29.7. The fraction of sp³-hybridized carbons (Fsp3) is 0.118. The van der Waals surface area contributed by atoms with Crippen molar-refractivity contribution in [2.45, 2.75) is 6.42 Å². The van der Waals surface area contributed by atoms with Gasteiger partial charge in [0.05, 0.1) is 26.5 Å². The maximum atomic E-state index is 13.2. The number of furan rings is 1. The molecule has 27 heavy (non-hydrogen) atoms. The van der Waals surface area contributed by atoms with E-state index in [4.69, 9.17) is 28.0 Å². The SMILES string of the molecule is [B]c1c([B])c(O)c2c(C(=O)c3cc(Br)c(O)c(Br)c3)c(CCO)oc2c1[B]. The van der Waals surface area contributed by atoms with Gasteiger partial charge in [-0.25, -0.2) is 0 Å². The van der Waals surface area contributed by atoms with Gasteiger partial charge in [0.2, 0.25) is 0 Å². The number of fused-ring (bicyclic) bond motifs is 1. The molecule has 3 aromatic rings. The Morgan fingerprint density at radius 3 is 2.15 bits per heavy atom. The normalized spacial score (nSPS) is 11.2. The summed E-state index contributed by atoms with van der Waals surface area (Å²) in [7, 11) is 17.5. The predicted molar refractivity (Wildman–Crippen MR) is 112 cm³/mol. The van der Waals surface area contributed by atoms with E-state index in [1.54, 1.807) is 0 Å². The van der Waals surface area contributed by atoms with Crippen molar-refractivity contribution in [3.63, 3.8) is 0 Å². The molecule has 0 unspecified atom stereocenters. The average molecular weight is 485 g/mol. The van der Waals surface area contributed by atoms with E-state index in [2.05, 4.69) is 31.9 Å². The van der Waals surface area contributed by atoms with Crippen LogP contribution in [0.15, 0.2) is 25.5 Å². The molecule has 6 radical (unpaired) electrons. The van der Waals surface area contributed by atoms with Crippen LogP contribution in [0.5, 0.6) is 11.5 Å². The van der Waals surface area contributed by atoms with E-state index in [9.17, 15) is 20.1 Å². The van der Waals surface area contributed by atoms with Crippen LogP contribution in [0.2, 0.25) is 0 Å². The van der Waals surface area contributed by atoms with Gasteiger partial charge in [-0.15, -0.1) is 5.46 Å². The second-order valence-corrected chi connectivity index (χ2v) is 7.49. The highest BCUT2D eigenvalue weighted by Crippen LogP contribution is 2.37. The Morgan fingerprint density at radius 1 is 1.00 bits per heavy atom. The molecular weight excluding hydrogens is 476 g/mol. The van der Waals surface area contributed by atoms with Crippen LogP contribution in [-0.2, 0) is 6.42 Å². The number of carbonyl (C=O) groups is 1. The van der Waals surface area contributed by atoms with Crippen molar-refractivity contribution >= 4 is 88.5 Å². The summed E-state index contributed by atoms with van der Waals surface area (Å²) in [5.74, 6) is -0.879. The molecule has 10 heteroatoms. The minimum absolute atomic E-state index is 0.00777. The summed E-state index contributed by atoms with van der Waals surface area (Å²) < 4.78 is 6.23. The fourth-order valence-corrected chi connectivity index (χ4v) is 3.97. The van der Waals surface area contributed by atoms with Gasteiger partial charge in [0.25, 0.3) is 0 Å². The number of aliphatic hydroxyl groups excluding tert-OH is 1. The van der Waals surface area contributed by atoms with Gasteiger partial charge in [-0.05, 0) is 44.0 Å². The Morgan fingerprint density at radius 2 is 1.59 bits per heavy atom. The largest absolute Gasteiger partial charge is 0.508 e. The molecule has 0 fully saturated rings. The van der Waals surface area contributed by atoms with Crippen LogP contribution < -0.4 is 16.4 Å².